The maximum atomic E-state index is 12.8. The summed E-state index contributed by atoms with van der Waals surface area (Å²) in [6.45, 7) is 4.94. The fourth-order valence-electron chi connectivity index (χ4n) is 3.48. The Balaban J connectivity index is 1.69. The summed E-state index contributed by atoms with van der Waals surface area (Å²) in [6.07, 6.45) is 2.05. The van der Waals surface area contributed by atoms with Crippen LogP contribution in [0.25, 0.3) is 0 Å². The lowest BCUT2D eigenvalue weighted by Crippen LogP contribution is -2.30. The first-order valence-corrected chi connectivity index (χ1v) is 10.0. The number of hydrogen-bond acceptors (Lipinski definition) is 3. The first-order valence-electron chi connectivity index (χ1n) is 10.0. The number of anilines is 2. The molecule has 0 bridgehead atoms. The smallest absolute Gasteiger partial charge is 0.253 e. The van der Waals surface area contributed by atoms with E-state index in [0.717, 1.165) is 24.1 Å². The van der Waals surface area contributed by atoms with Gasteiger partial charge < -0.3 is 15.5 Å². The molecule has 1 saturated heterocycles. The molecule has 152 valence electrons. The largest absolute Gasteiger partial charge is 0.352 e. The van der Waals surface area contributed by atoms with Gasteiger partial charge in [0.05, 0.1) is 17.2 Å². The second-order valence-electron chi connectivity index (χ2n) is 7.34. The van der Waals surface area contributed by atoms with Gasteiger partial charge in [0, 0.05) is 25.2 Å². The van der Waals surface area contributed by atoms with Crippen molar-refractivity contribution in [3.05, 3.63) is 59.7 Å². The minimum Gasteiger partial charge on any atom is -0.352 e. The summed E-state index contributed by atoms with van der Waals surface area (Å²) < 4.78 is 0. The summed E-state index contributed by atoms with van der Waals surface area (Å²) in [4.78, 5) is 39.4. The summed E-state index contributed by atoms with van der Waals surface area (Å²) in [5.41, 5.74) is 2.73. The standard InChI is InChI=1S/C23H27N3O3/c1-3-4-13-24-23(29)18-10-6-7-11-19(18)25-22(28)17-14-21(27)26(15-17)20-12-8-5-9-16(20)2/h5-12,17H,3-4,13-15H2,1-2H3,(H,24,29)(H,25,28). The Morgan fingerprint density at radius 1 is 1.10 bits per heavy atom. The van der Waals surface area contributed by atoms with Crippen LogP contribution in [0.1, 0.15) is 42.1 Å². The zero-order chi connectivity index (χ0) is 20.8. The van der Waals surface area contributed by atoms with E-state index in [1.807, 2.05) is 31.2 Å². The molecule has 3 rings (SSSR count). The highest BCUT2D eigenvalue weighted by Crippen LogP contribution is 2.28. The van der Waals surface area contributed by atoms with Crippen molar-refractivity contribution in [3.63, 3.8) is 0 Å². The van der Waals surface area contributed by atoms with E-state index >= 15 is 0 Å². The molecule has 6 heteroatoms. The SMILES string of the molecule is CCCCNC(=O)c1ccccc1NC(=O)C1CC(=O)N(c2ccccc2C)C1. The van der Waals surface area contributed by atoms with Gasteiger partial charge in [-0.15, -0.1) is 0 Å². The van der Waals surface area contributed by atoms with Gasteiger partial charge in [0.15, 0.2) is 0 Å². The molecule has 0 aliphatic carbocycles. The zero-order valence-electron chi connectivity index (χ0n) is 16.9. The molecule has 1 unspecified atom stereocenters. The van der Waals surface area contributed by atoms with Gasteiger partial charge in [-0.1, -0.05) is 43.7 Å². The summed E-state index contributed by atoms with van der Waals surface area (Å²) in [5, 5.41) is 5.72. The Kier molecular flexibility index (Phi) is 6.65. The number of carbonyl (C=O) groups is 3. The molecule has 2 aromatic rings. The number of amides is 3. The predicted molar refractivity (Wildman–Crippen MR) is 114 cm³/mol. The van der Waals surface area contributed by atoms with E-state index in [4.69, 9.17) is 0 Å². The van der Waals surface area contributed by atoms with Crippen LogP contribution in [0.5, 0.6) is 0 Å². The van der Waals surface area contributed by atoms with Crippen LogP contribution < -0.4 is 15.5 Å². The molecule has 6 nitrogen and oxygen atoms in total. The highest BCUT2D eigenvalue weighted by atomic mass is 16.2. The molecule has 1 aliphatic heterocycles. The van der Waals surface area contributed by atoms with Crippen molar-refractivity contribution in [3.8, 4) is 0 Å². The van der Waals surface area contributed by atoms with E-state index in [9.17, 15) is 14.4 Å². The van der Waals surface area contributed by atoms with Crippen molar-refractivity contribution in [2.45, 2.75) is 33.1 Å². The molecule has 1 fully saturated rings. The number of nitrogens with zero attached hydrogens (tertiary/aromatic N) is 1. The first kappa shape index (κ1) is 20.6. The predicted octanol–water partition coefficient (Wildman–Crippen LogP) is 3.52. The van der Waals surface area contributed by atoms with Crippen molar-refractivity contribution in [2.75, 3.05) is 23.3 Å². The van der Waals surface area contributed by atoms with Crippen LogP contribution in [0.4, 0.5) is 11.4 Å². The van der Waals surface area contributed by atoms with E-state index < -0.39 is 5.92 Å². The highest BCUT2D eigenvalue weighted by Gasteiger charge is 2.35. The average molecular weight is 393 g/mol. The number of hydrogen-bond donors (Lipinski definition) is 2. The summed E-state index contributed by atoms with van der Waals surface area (Å²) in [5.74, 6) is -0.981. The van der Waals surface area contributed by atoms with E-state index in [2.05, 4.69) is 17.6 Å². The van der Waals surface area contributed by atoms with Gasteiger partial charge in [-0.3, -0.25) is 14.4 Å². The van der Waals surface area contributed by atoms with Gasteiger partial charge in [-0.25, -0.2) is 0 Å². The van der Waals surface area contributed by atoms with Crippen LogP contribution in [0.3, 0.4) is 0 Å². The Morgan fingerprint density at radius 3 is 2.59 bits per heavy atom. The molecule has 0 aromatic heterocycles. The van der Waals surface area contributed by atoms with Crippen LogP contribution in [-0.2, 0) is 9.59 Å². The molecule has 2 N–H and O–H groups in total. The molecular formula is C23H27N3O3. The maximum Gasteiger partial charge on any atom is 0.253 e. The molecule has 29 heavy (non-hydrogen) atoms. The van der Waals surface area contributed by atoms with Crippen molar-refractivity contribution in [1.29, 1.82) is 0 Å². The van der Waals surface area contributed by atoms with Crippen LogP contribution in [0.2, 0.25) is 0 Å². The number of aryl methyl sites for hydroxylation is 1. The van der Waals surface area contributed by atoms with Gasteiger partial charge >= 0.3 is 0 Å². The molecule has 1 heterocycles. The van der Waals surface area contributed by atoms with Gasteiger partial charge in [0.1, 0.15) is 0 Å². The van der Waals surface area contributed by atoms with E-state index in [1.165, 1.54) is 0 Å². The van der Waals surface area contributed by atoms with Crippen LogP contribution >= 0.6 is 0 Å². The topological polar surface area (TPSA) is 78.5 Å². The number of carbonyl (C=O) groups excluding carboxylic acids is 3. The molecule has 3 amide bonds. The molecule has 2 aromatic carbocycles. The first-order chi connectivity index (χ1) is 14.0. The Bertz CT molecular complexity index is 910. The van der Waals surface area contributed by atoms with Crippen molar-refractivity contribution < 1.29 is 14.4 Å². The van der Waals surface area contributed by atoms with E-state index in [1.54, 1.807) is 29.2 Å². The Morgan fingerprint density at radius 2 is 1.83 bits per heavy atom. The molecule has 1 aliphatic rings. The second-order valence-corrected chi connectivity index (χ2v) is 7.34. The van der Waals surface area contributed by atoms with Gasteiger partial charge in [-0.05, 0) is 37.1 Å². The number of nitrogens with one attached hydrogen (secondary N) is 2. The lowest BCUT2D eigenvalue weighted by atomic mass is 10.1. The average Bonchev–Trinajstić information content (AvgIpc) is 3.10. The molecule has 0 spiro atoms. The maximum absolute atomic E-state index is 12.8. The monoisotopic (exact) mass is 393 g/mol. The third-order valence-corrected chi connectivity index (χ3v) is 5.15. The summed E-state index contributed by atoms with van der Waals surface area (Å²) in [6, 6.07) is 14.6. The van der Waals surface area contributed by atoms with Crippen LogP contribution in [0, 0.1) is 12.8 Å². The fraction of sp³-hybridized carbons (Fsp3) is 0.348. The number of unbranched alkanes of at least 4 members (excludes halogenated alkanes) is 1. The highest BCUT2D eigenvalue weighted by molar-refractivity contribution is 6.07. The van der Waals surface area contributed by atoms with E-state index in [0.29, 0.717) is 24.3 Å². The minimum atomic E-state index is -0.460. The van der Waals surface area contributed by atoms with Crippen molar-refractivity contribution in [2.24, 2.45) is 5.92 Å². The normalized spacial score (nSPS) is 16.0. The van der Waals surface area contributed by atoms with Gasteiger partial charge in [0.2, 0.25) is 11.8 Å². The number of para-hydroxylation sites is 2. The molecular weight excluding hydrogens is 366 g/mol. The lowest BCUT2D eigenvalue weighted by Gasteiger charge is -2.19. The Labute approximate surface area is 171 Å². The zero-order valence-corrected chi connectivity index (χ0v) is 16.9. The minimum absolute atomic E-state index is 0.0648. The molecule has 0 radical (unpaired) electrons. The van der Waals surface area contributed by atoms with Gasteiger partial charge in [0.25, 0.3) is 5.91 Å². The molecule has 0 saturated carbocycles. The van der Waals surface area contributed by atoms with Gasteiger partial charge in [-0.2, -0.15) is 0 Å². The van der Waals surface area contributed by atoms with Crippen LogP contribution in [0.15, 0.2) is 48.5 Å². The summed E-state index contributed by atoms with van der Waals surface area (Å²) in [7, 11) is 0. The van der Waals surface area contributed by atoms with Crippen molar-refractivity contribution >= 4 is 29.1 Å². The van der Waals surface area contributed by atoms with Crippen LogP contribution in [-0.4, -0.2) is 30.8 Å². The van der Waals surface area contributed by atoms with Crippen molar-refractivity contribution in [1.82, 2.24) is 5.32 Å². The number of rotatable bonds is 7. The summed E-state index contributed by atoms with van der Waals surface area (Å²) >= 11 is 0. The fourth-order valence-corrected chi connectivity index (χ4v) is 3.48. The third kappa shape index (κ3) is 4.83. The molecule has 1 atom stereocenters. The second kappa shape index (κ2) is 9.37. The lowest BCUT2D eigenvalue weighted by molar-refractivity contribution is -0.122. The Hall–Kier alpha value is -3.15. The third-order valence-electron chi connectivity index (χ3n) is 5.15. The number of benzene rings is 2. The quantitative estimate of drug-likeness (QED) is 0.707. The van der Waals surface area contributed by atoms with E-state index in [-0.39, 0.29) is 24.1 Å².